The molecule has 2 saturated heterocycles. The first-order valence-electron chi connectivity index (χ1n) is 6.11. The van der Waals surface area contributed by atoms with Gasteiger partial charge in [-0.3, -0.25) is 9.59 Å². The highest BCUT2D eigenvalue weighted by Crippen LogP contribution is 2.37. The van der Waals surface area contributed by atoms with Crippen LogP contribution in [0.4, 0.5) is 0 Å². The van der Waals surface area contributed by atoms with Crippen molar-refractivity contribution in [3.05, 3.63) is 0 Å². The summed E-state index contributed by atoms with van der Waals surface area (Å²) in [4.78, 5) is 22.9. The van der Waals surface area contributed by atoms with Gasteiger partial charge >= 0.3 is 0 Å². The fourth-order valence-electron chi connectivity index (χ4n) is 3.00. The summed E-state index contributed by atoms with van der Waals surface area (Å²) in [5.41, 5.74) is 6.00. The third kappa shape index (κ3) is 1.71. The molecule has 0 radical (unpaired) electrons. The van der Waals surface area contributed by atoms with E-state index < -0.39 is 0 Å². The SMILES string of the molecule is NC1C2CCOC2C1NC(=O)C1CNC(=O)C1. The molecule has 2 aliphatic heterocycles. The van der Waals surface area contributed by atoms with Crippen molar-refractivity contribution in [2.45, 2.75) is 31.0 Å². The number of ether oxygens (including phenoxy) is 1. The van der Waals surface area contributed by atoms with Gasteiger partial charge in [0, 0.05) is 31.5 Å². The van der Waals surface area contributed by atoms with Gasteiger partial charge in [0.2, 0.25) is 11.8 Å². The second-order valence-corrected chi connectivity index (χ2v) is 5.10. The third-order valence-electron chi connectivity index (χ3n) is 4.10. The Bertz CT molecular complexity index is 360. The minimum atomic E-state index is -0.254. The Morgan fingerprint density at radius 1 is 1.53 bits per heavy atom. The average Bonchev–Trinajstić information content (AvgIpc) is 2.92. The quantitative estimate of drug-likeness (QED) is 0.538. The Morgan fingerprint density at radius 2 is 2.35 bits per heavy atom. The molecule has 3 fully saturated rings. The van der Waals surface area contributed by atoms with Gasteiger partial charge in [-0.2, -0.15) is 0 Å². The number of amides is 2. The maximum Gasteiger partial charge on any atom is 0.225 e. The summed E-state index contributed by atoms with van der Waals surface area (Å²) in [6, 6.07) is -0.0813. The summed E-state index contributed by atoms with van der Waals surface area (Å²) in [6.07, 6.45) is 1.35. The molecule has 17 heavy (non-hydrogen) atoms. The fourth-order valence-corrected chi connectivity index (χ4v) is 3.00. The highest BCUT2D eigenvalue weighted by Gasteiger charge is 2.53. The molecule has 3 aliphatic rings. The molecule has 94 valence electrons. The van der Waals surface area contributed by atoms with Crippen LogP contribution in [0.3, 0.4) is 0 Å². The molecule has 2 heterocycles. The summed E-state index contributed by atoms with van der Waals surface area (Å²) < 4.78 is 5.54. The number of carbonyl (C=O) groups is 2. The Labute approximate surface area is 99.2 Å². The lowest BCUT2D eigenvalue weighted by molar-refractivity contribution is -0.130. The molecular formula is C11H17N3O3. The van der Waals surface area contributed by atoms with Crippen molar-refractivity contribution in [1.82, 2.24) is 10.6 Å². The first-order valence-corrected chi connectivity index (χ1v) is 6.11. The van der Waals surface area contributed by atoms with E-state index in [2.05, 4.69) is 10.6 Å². The van der Waals surface area contributed by atoms with Crippen LogP contribution in [0.2, 0.25) is 0 Å². The molecule has 1 saturated carbocycles. The summed E-state index contributed by atoms with van der Waals surface area (Å²) in [6.45, 7) is 1.17. The van der Waals surface area contributed by atoms with Crippen LogP contribution in [-0.2, 0) is 14.3 Å². The molecule has 5 atom stereocenters. The van der Waals surface area contributed by atoms with Gasteiger partial charge in [0.25, 0.3) is 0 Å². The molecule has 0 bridgehead atoms. The van der Waals surface area contributed by atoms with E-state index in [0.29, 0.717) is 12.5 Å². The molecule has 3 rings (SSSR count). The lowest BCUT2D eigenvalue weighted by atomic mass is 9.72. The number of fused-ring (bicyclic) bond motifs is 1. The molecule has 0 aromatic carbocycles. The van der Waals surface area contributed by atoms with E-state index in [0.717, 1.165) is 13.0 Å². The first-order chi connectivity index (χ1) is 8.16. The van der Waals surface area contributed by atoms with E-state index in [1.54, 1.807) is 0 Å². The molecule has 0 spiro atoms. The average molecular weight is 239 g/mol. The van der Waals surface area contributed by atoms with Crippen LogP contribution in [-0.4, -0.2) is 43.2 Å². The number of rotatable bonds is 2. The zero-order chi connectivity index (χ0) is 12.0. The van der Waals surface area contributed by atoms with Crippen molar-refractivity contribution in [3.8, 4) is 0 Å². The number of hydrogen-bond donors (Lipinski definition) is 3. The number of hydrogen-bond acceptors (Lipinski definition) is 4. The lowest BCUT2D eigenvalue weighted by Crippen LogP contribution is -2.69. The van der Waals surface area contributed by atoms with Crippen LogP contribution in [0.1, 0.15) is 12.8 Å². The molecular weight excluding hydrogens is 222 g/mol. The number of nitrogens with two attached hydrogens (primary N) is 1. The van der Waals surface area contributed by atoms with Crippen molar-refractivity contribution in [3.63, 3.8) is 0 Å². The Balaban J connectivity index is 1.57. The standard InChI is InChI=1S/C11H17N3O3/c12-8-6-1-2-17-10(6)9(8)14-11(16)5-3-7(15)13-4-5/h5-6,8-10H,1-4,12H2,(H,13,15)(H,14,16). The zero-order valence-electron chi connectivity index (χ0n) is 9.52. The monoisotopic (exact) mass is 239 g/mol. The van der Waals surface area contributed by atoms with Crippen molar-refractivity contribution >= 4 is 11.8 Å². The van der Waals surface area contributed by atoms with Crippen LogP contribution < -0.4 is 16.4 Å². The van der Waals surface area contributed by atoms with Crippen molar-refractivity contribution in [2.75, 3.05) is 13.2 Å². The summed E-state index contributed by atoms with van der Waals surface area (Å²) in [5.74, 6) is -0.00501. The molecule has 6 nitrogen and oxygen atoms in total. The summed E-state index contributed by atoms with van der Waals surface area (Å²) in [5, 5.41) is 5.57. The largest absolute Gasteiger partial charge is 0.376 e. The zero-order valence-corrected chi connectivity index (χ0v) is 9.52. The molecule has 6 heteroatoms. The highest BCUT2D eigenvalue weighted by molar-refractivity contribution is 5.89. The van der Waals surface area contributed by atoms with Crippen LogP contribution in [0, 0.1) is 11.8 Å². The first kappa shape index (κ1) is 11.0. The van der Waals surface area contributed by atoms with Gasteiger partial charge in [-0.25, -0.2) is 0 Å². The smallest absolute Gasteiger partial charge is 0.225 e. The minimum Gasteiger partial charge on any atom is -0.376 e. The van der Waals surface area contributed by atoms with Crippen LogP contribution >= 0.6 is 0 Å². The van der Waals surface area contributed by atoms with Gasteiger partial charge in [-0.15, -0.1) is 0 Å². The Morgan fingerprint density at radius 3 is 3.06 bits per heavy atom. The van der Waals surface area contributed by atoms with E-state index in [1.807, 2.05) is 0 Å². The second kappa shape index (κ2) is 3.96. The van der Waals surface area contributed by atoms with Crippen LogP contribution in [0.15, 0.2) is 0 Å². The molecule has 2 amide bonds. The van der Waals surface area contributed by atoms with Crippen LogP contribution in [0.25, 0.3) is 0 Å². The predicted molar refractivity (Wildman–Crippen MR) is 58.9 cm³/mol. The lowest BCUT2D eigenvalue weighted by Gasteiger charge is -2.45. The predicted octanol–water partition coefficient (Wildman–Crippen LogP) is -1.65. The molecule has 0 aromatic rings. The Hall–Kier alpha value is -1.14. The van der Waals surface area contributed by atoms with Gasteiger partial charge in [0.1, 0.15) is 0 Å². The van der Waals surface area contributed by atoms with Gasteiger partial charge in [0.05, 0.1) is 18.1 Å². The van der Waals surface area contributed by atoms with E-state index in [-0.39, 0.29) is 42.3 Å². The minimum absolute atomic E-state index is 0.00323. The number of carbonyl (C=O) groups excluding carboxylic acids is 2. The normalized spacial score (nSPS) is 43.8. The highest BCUT2D eigenvalue weighted by atomic mass is 16.5. The van der Waals surface area contributed by atoms with Gasteiger partial charge < -0.3 is 21.1 Å². The molecule has 5 unspecified atom stereocenters. The second-order valence-electron chi connectivity index (χ2n) is 5.10. The van der Waals surface area contributed by atoms with Gasteiger partial charge in [-0.1, -0.05) is 0 Å². The molecule has 1 aliphatic carbocycles. The topological polar surface area (TPSA) is 93.4 Å². The Kier molecular flexibility index (Phi) is 2.56. The summed E-state index contributed by atoms with van der Waals surface area (Å²) in [7, 11) is 0. The van der Waals surface area contributed by atoms with Crippen LogP contribution in [0.5, 0.6) is 0 Å². The van der Waals surface area contributed by atoms with Crippen molar-refractivity contribution in [1.29, 1.82) is 0 Å². The summed E-state index contributed by atoms with van der Waals surface area (Å²) >= 11 is 0. The van der Waals surface area contributed by atoms with Gasteiger partial charge in [-0.05, 0) is 6.42 Å². The fraction of sp³-hybridized carbons (Fsp3) is 0.818. The van der Waals surface area contributed by atoms with Crippen molar-refractivity contribution < 1.29 is 14.3 Å². The molecule has 0 aromatic heterocycles. The molecule has 4 N–H and O–H groups in total. The van der Waals surface area contributed by atoms with E-state index in [9.17, 15) is 9.59 Å². The van der Waals surface area contributed by atoms with E-state index in [1.165, 1.54) is 0 Å². The van der Waals surface area contributed by atoms with E-state index >= 15 is 0 Å². The van der Waals surface area contributed by atoms with Gasteiger partial charge in [0.15, 0.2) is 0 Å². The number of nitrogens with one attached hydrogen (secondary N) is 2. The maximum absolute atomic E-state index is 11.9. The van der Waals surface area contributed by atoms with Crippen molar-refractivity contribution in [2.24, 2.45) is 17.6 Å². The third-order valence-corrected chi connectivity index (χ3v) is 4.10. The van der Waals surface area contributed by atoms with E-state index in [4.69, 9.17) is 10.5 Å². The maximum atomic E-state index is 11.9.